The summed E-state index contributed by atoms with van der Waals surface area (Å²) in [7, 11) is 0. The fourth-order valence-corrected chi connectivity index (χ4v) is 4.93. The number of amides is 1. The number of anilines is 2. The number of aromatic nitrogens is 3. The SMILES string of the molecule is CCCCN(CCCC)C(=O)c1cc2c(cn1)nc(Nc1ccccc1)n2CCCN1CCCCC1. The maximum absolute atomic E-state index is 13.4. The second-order valence-corrected chi connectivity index (χ2v) is 9.89. The number of rotatable bonds is 13. The van der Waals surface area contributed by atoms with Crippen LogP contribution in [0, 0.1) is 0 Å². The van der Waals surface area contributed by atoms with E-state index < -0.39 is 0 Å². The van der Waals surface area contributed by atoms with Gasteiger partial charge >= 0.3 is 0 Å². The van der Waals surface area contributed by atoms with Crippen molar-refractivity contribution in [2.24, 2.45) is 0 Å². The molecular weight excluding hydrogens is 448 g/mol. The molecule has 2 aromatic heterocycles. The van der Waals surface area contributed by atoms with Crippen molar-refractivity contribution in [3.05, 3.63) is 48.3 Å². The number of nitrogens with one attached hydrogen (secondary N) is 1. The Morgan fingerprint density at radius 1 is 0.972 bits per heavy atom. The number of aryl methyl sites for hydroxylation is 1. The number of hydrogen-bond acceptors (Lipinski definition) is 5. The topological polar surface area (TPSA) is 66.3 Å². The van der Waals surface area contributed by atoms with Gasteiger partial charge in [0.1, 0.15) is 11.2 Å². The lowest BCUT2D eigenvalue weighted by atomic mass is 10.1. The third-order valence-corrected chi connectivity index (χ3v) is 7.04. The molecule has 0 spiro atoms. The molecule has 1 N–H and O–H groups in total. The maximum Gasteiger partial charge on any atom is 0.272 e. The highest BCUT2D eigenvalue weighted by Gasteiger charge is 2.20. The summed E-state index contributed by atoms with van der Waals surface area (Å²) in [5, 5.41) is 3.49. The van der Waals surface area contributed by atoms with Gasteiger partial charge in [-0.3, -0.25) is 4.79 Å². The van der Waals surface area contributed by atoms with Gasteiger partial charge in [-0.1, -0.05) is 51.3 Å². The minimum atomic E-state index is 0.0254. The van der Waals surface area contributed by atoms with Gasteiger partial charge in [0.2, 0.25) is 5.95 Å². The van der Waals surface area contributed by atoms with Gasteiger partial charge in [0.15, 0.2) is 0 Å². The van der Waals surface area contributed by atoms with Crippen molar-refractivity contribution in [1.29, 1.82) is 0 Å². The minimum absolute atomic E-state index is 0.0254. The van der Waals surface area contributed by atoms with Crippen molar-refractivity contribution in [3.8, 4) is 0 Å². The molecule has 3 aromatic rings. The summed E-state index contributed by atoms with van der Waals surface area (Å²) in [6, 6.07) is 12.1. The van der Waals surface area contributed by atoms with Crippen molar-refractivity contribution in [1.82, 2.24) is 24.3 Å². The van der Waals surface area contributed by atoms with E-state index in [1.807, 2.05) is 41.3 Å². The standard InChI is InChI=1S/C29H42N6O/c1-3-5-19-34(20-6-4-2)28(36)25-22-27-26(23-30-25)32-29(31-24-14-9-7-10-15-24)35(27)21-13-18-33-16-11-8-12-17-33/h7,9-10,14-15,22-23H,3-6,8,11-13,16-21H2,1-2H3,(H,31,32). The molecule has 1 saturated heterocycles. The number of para-hydroxylation sites is 1. The lowest BCUT2D eigenvalue weighted by molar-refractivity contribution is 0.0745. The van der Waals surface area contributed by atoms with Crippen LogP contribution in [0.25, 0.3) is 11.0 Å². The molecule has 1 aliphatic rings. The molecule has 3 heterocycles. The Kier molecular flexibility index (Phi) is 9.73. The second kappa shape index (κ2) is 13.4. The van der Waals surface area contributed by atoms with Crippen LogP contribution < -0.4 is 5.32 Å². The largest absolute Gasteiger partial charge is 0.337 e. The van der Waals surface area contributed by atoms with E-state index in [4.69, 9.17) is 4.98 Å². The van der Waals surface area contributed by atoms with Gasteiger partial charge < -0.3 is 19.7 Å². The number of benzene rings is 1. The highest BCUT2D eigenvalue weighted by Crippen LogP contribution is 2.24. The van der Waals surface area contributed by atoms with Crippen LogP contribution in [0.2, 0.25) is 0 Å². The summed E-state index contributed by atoms with van der Waals surface area (Å²) in [4.78, 5) is 27.4. The van der Waals surface area contributed by atoms with E-state index in [9.17, 15) is 4.79 Å². The lowest BCUT2D eigenvalue weighted by Gasteiger charge is -2.26. The molecule has 7 heteroatoms. The van der Waals surface area contributed by atoms with E-state index in [0.29, 0.717) is 5.69 Å². The van der Waals surface area contributed by atoms with Crippen molar-refractivity contribution >= 4 is 28.6 Å². The fourth-order valence-electron chi connectivity index (χ4n) is 4.93. The Hall–Kier alpha value is -2.93. The minimum Gasteiger partial charge on any atom is -0.337 e. The molecule has 0 radical (unpaired) electrons. The molecule has 0 bridgehead atoms. The van der Waals surface area contributed by atoms with Crippen LogP contribution in [0.1, 0.15) is 75.7 Å². The molecule has 1 amide bonds. The Balaban J connectivity index is 1.60. The van der Waals surface area contributed by atoms with Gasteiger partial charge in [0.05, 0.1) is 11.7 Å². The number of unbranched alkanes of at least 4 members (excludes halogenated alkanes) is 2. The molecule has 0 unspecified atom stereocenters. The number of pyridine rings is 1. The normalized spacial score (nSPS) is 14.3. The average molecular weight is 491 g/mol. The molecular formula is C29H42N6O. The van der Waals surface area contributed by atoms with Crippen molar-refractivity contribution in [3.63, 3.8) is 0 Å². The smallest absolute Gasteiger partial charge is 0.272 e. The van der Waals surface area contributed by atoms with Crippen LogP contribution in [-0.4, -0.2) is 63.0 Å². The van der Waals surface area contributed by atoms with Crippen LogP contribution in [0.4, 0.5) is 11.6 Å². The van der Waals surface area contributed by atoms with Crippen molar-refractivity contribution < 1.29 is 4.79 Å². The molecule has 7 nitrogen and oxygen atoms in total. The first kappa shape index (κ1) is 26.1. The van der Waals surface area contributed by atoms with Crippen LogP contribution in [0.5, 0.6) is 0 Å². The Bertz CT molecular complexity index is 1080. The molecule has 194 valence electrons. The Morgan fingerprint density at radius 2 is 1.69 bits per heavy atom. The van der Waals surface area contributed by atoms with Gasteiger partial charge in [-0.15, -0.1) is 0 Å². The number of carbonyl (C=O) groups is 1. The van der Waals surface area contributed by atoms with E-state index in [0.717, 1.165) is 81.0 Å². The van der Waals surface area contributed by atoms with E-state index in [2.05, 4.69) is 33.6 Å². The quantitative estimate of drug-likeness (QED) is 0.314. The van der Waals surface area contributed by atoms with Crippen molar-refractivity contribution in [2.75, 3.05) is 38.0 Å². The van der Waals surface area contributed by atoms with Gasteiger partial charge in [0, 0.05) is 25.3 Å². The summed E-state index contributed by atoms with van der Waals surface area (Å²) >= 11 is 0. The first-order valence-corrected chi connectivity index (χ1v) is 13.9. The van der Waals surface area contributed by atoms with Gasteiger partial charge in [0.25, 0.3) is 5.91 Å². The van der Waals surface area contributed by atoms with E-state index in [1.54, 1.807) is 6.20 Å². The van der Waals surface area contributed by atoms with Crippen LogP contribution in [0.15, 0.2) is 42.6 Å². The summed E-state index contributed by atoms with van der Waals surface area (Å²) in [6.45, 7) is 10.2. The molecule has 36 heavy (non-hydrogen) atoms. The Labute approximate surface area is 215 Å². The zero-order valence-electron chi connectivity index (χ0n) is 22.1. The Morgan fingerprint density at radius 3 is 2.39 bits per heavy atom. The average Bonchev–Trinajstić information content (AvgIpc) is 3.25. The third kappa shape index (κ3) is 6.84. The number of hydrogen-bond donors (Lipinski definition) is 1. The molecule has 4 rings (SSSR count). The number of imidazole rings is 1. The number of fused-ring (bicyclic) bond motifs is 1. The number of nitrogens with zero attached hydrogens (tertiary/aromatic N) is 5. The molecule has 0 aliphatic carbocycles. The lowest BCUT2D eigenvalue weighted by Crippen LogP contribution is -2.33. The fraction of sp³-hybridized carbons (Fsp3) is 0.552. The monoisotopic (exact) mass is 490 g/mol. The van der Waals surface area contributed by atoms with Gasteiger partial charge in [-0.25, -0.2) is 9.97 Å². The van der Waals surface area contributed by atoms with Gasteiger partial charge in [-0.05, 0) is 69.9 Å². The maximum atomic E-state index is 13.4. The molecule has 0 atom stereocenters. The first-order valence-electron chi connectivity index (χ1n) is 13.9. The molecule has 1 aliphatic heterocycles. The third-order valence-electron chi connectivity index (χ3n) is 7.04. The predicted molar refractivity (Wildman–Crippen MR) is 148 cm³/mol. The highest BCUT2D eigenvalue weighted by atomic mass is 16.2. The van der Waals surface area contributed by atoms with E-state index >= 15 is 0 Å². The summed E-state index contributed by atoms with van der Waals surface area (Å²) in [6.07, 6.45) is 10.9. The van der Waals surface area contributed by atoms with E-state index in [-0.39, 0.29) is 5.91 Å². The summed E-state index contributed by atoms with van der Waals surface area (Å²) < 4.78 is 2.23. The molecule has 0 saturated carbocycles. The van der Waals surface area contributed by atoms with Crippen LogP contribution in [0.3, 0.4) is 0 Å². The van der Waals surface area contributed by atoms with Crippen LogP contribution in [-0.2, 0) is 6.54 Å². The summed E-state index contributed by atoms with van der Waals surface area (Å²) in [5.41, 5.74) is 3.30. The first-order chi connectivity index (χ1) is 17.7. The van der Waals surface area contributed by atoms with Crippen molar-refractivity contribution in [2.45, 2.75) is 71.8 Å². The predicted octanol–water partition coefficient (Wildman–Crippen LogP) is 6.09. The highest BCUT2D eigenvalue weighted by molar-refractivity contribution is 5.95. The zero-order chi connectivity index (χ0) is 25.2. The molecule has 1 aromatic carbocycles. The summed E-state index contributed by atoms with van der Waals surface area (Å²) in [5.74, 6) is 0.826. The van der Waals surface area contributed by atoms with Gasteiger partial charge in [-0.2, -0.15) is 0 Å². The number of carbonyl (C=O) groups excluding carboxylic acids is 1. The second-order valence-electron chi connectivity index (χ2n) is 9.89. The molecule has 1 fully saturated rings. The zero-order valence-corrected chi connectivity index (χ0v) is 22.1. The van der Waals surface area contributed by atoms with Crippen LogP contribution >= 0.6 is 0 Å². The van der Waals surface area contributed by atoms with E-state index in [1.165, 1.54) is 32.4 Å². The number of piperidine rings is 1. The number of likely N-dealkylation sites (tertiary alicyclic amines) is 1.